The lowest BCUT2D eigenvalue weighted by molar-refractivity contribution is 0.540. The number of thioether (sulfide) groups is 1. The summed E-state index contributed by atoms with van der Waals surface area (Å²) in [6.07, 6.45) is 4.24. The molecule has 0 aliphatic carbocycles. The molecular formula is C13H17ClFNS. The minimum Gasteiger partial charge on any atom is -0.326 e. The monoisotopic (exact) mass is 273 g/mol. The van der Waals surface area contributed by atoms with Gasteiger partial charge in [-0.1, -0.05) is 18.0 Å². The van der Waals surface area contributed by atoms with Crippen molar-refractivity contribution in [3.8, 4) is 0 Å². The maximum Gasteiger partial charge on any atom is 0.126 e. The van der Waals surface area contributed by atoms with Crippen LogP contribution in [0.25, 0.3) is 0 Å². The van der Waals surface area contributed by atoms with Gasteiger partial charge in [0.15, 0.2) is 0 Å². The molecule has 0 spiro atoms. The van der Waals surface area contributed by atoms with Gasteiger partial charge in [0, 0.05) is 16.3 Å². The van der Waals surface area contributed by atoms with Gasteiger partial charge >= 0.3 is 0 Å². The average molecular weight is 274 g/mol. The molecule has 0 aromatic heterocycles. The smallest absolute Gasteiger partial charge is 0.126 e. The van der Waals surface area contributed by atoms with E-state index in [1.54, 1.807) is 12.1 Å². The average Bonchev–Trinajstić information content (AvgIpc) is 2.35. The molecule has 0 bridgehead atoms. The third-order valence-electron chi connectivity index (χ3n) is 3.16. The zero-order valence-electron chi connectivity index (χ0n) is 9.66. The first-order valence-electron chi connectivity index (χ1n) is 5.98. The van der Waals surface area contributed by atoms with Gasteiger partial charge in [-0.15, -0.1) is 0 Å². The third-order valence-corrected chi connectivity index (χ3v) is 4.93. The first-order valence-corrected chi connectivity index (χ1v) is 7.40. The fourth-order valence-electron chi connectivity index (χ4n) is 2.19. The number of rotatable bonds is 3. The molecule has 0 radical (unpaired) electrons. The van der Waals surface area contributed by atoms with Crippen molar-refractivity contribution < 1.29 is 4.39 Å². The van der Waals surface area contributed by atoms with E-state index in [0.717, 1.165) is 6.42 Å². The van der Waals surface area contributed by atoms with E-state index in [2.05, 4.69) is 0 Å². The topological polar surface area (TPSA) is 26.0 Å². The van der Waals surface area contributed by atoms with Crippen molar-refractivity contribution in [2.45, 2.75) is 37.0 Å². The van der Waals surface area contributed by atoms with Crippen LogP contribution >= 0.6 is 23.4 Å². The molecule has 0 saturated carbocycles. The Labute approximate surface area is 111 Å². The fraction of sp³-hybridized carbons (Fsp3) is 0.538. The van der Waals surface area contributed by atoms with E-state index in [9.17, 15) is 4.39 Å². The predicted molar refractivity (Wildman–Crippen MR) is 73.2 cm³/mol. The second-order valence-corrected chi connectivity index (χ2v) is 6.29. The summed E-state index contributed by atoms with van der Waals surface area (Å²) in [5.41, 5.74) is 6.80. The van der Waals surface area contributed by atoms with Crippen LogP contribution in [0.4, 0.5) is 4.39 Å². The Morgan fingerprint density at radius 3 is 3.00 bits per heavy atom. The normalized spacial score (nSPS) is 22.4. The lowest BCUT2D eigenvalue weighted by Gasteiger charge is -2.27. The van der Waals surface area contributed by atoms with Crippen molar-refractivity contribution in [3.05, 3.63) is 34.6 Å². The van der Waals surface area contributed by atoms with Gasteiger partial charge in [-0.3, -0.25) is 0 Å². The molecule has 17 heavy (non-hydrogen) atoms. The van der Waals surface area contributed by atoms with Crippen LogP contribution in [0.15, 0.2) is 18.2 Å². The Bertz CT molecular complexity index is 380. The summed E-state index contributed by atoms with van der Waals surface area (Å²) in [5, 5.41) is 1.03. The Morgan fingerprint density at radius 2 is 2.29 bits per heavy atom. The summed E-state index contributed by atoms with van der Waals surface area (Å²) in [7, 11) is 0. The van der Waals surface area contributed by atoms with Crippen LogP contribution in [-0.2, 0) is 6.42 Å². The second-order valence-electron chi connectivity index (χ2n) is 4.51. The van der Waals surface area contributed by atoms with Crippen molar-refractivity contribution in [2.24, 2.45) is 5.73 Å². The van der Waals surface area contributed by atoms with Crippen molar-refractivity contribution in [3.63, 3.8) is 0 Å². The first-order chi connectivity index (χ1) is 8.16. The highest BCUT2D eigenvalue weighted by Crippen LogP contribution is 2.28. The van der Waals surface area contributed by atoms with Crippen LogP contribution in [0.3, 0.4) is 0 Å². The molecule has 2 unspecified atom stereocenters. The highest BCUT2D eigenvalue weighted by Gasteiger charge is 2.22. The first kappa shape index (κ1) is 13.2. The van der Waals surface area contributed by atoms with Gasteiger partial charge in [0.05, 0.1) is 0 Å². The van der Waals surface area contributed by atoms with Gasteiger partial charge in [-0.2, -0.15) is 11.8 Å². The van der Waals surface area contributed by atoms with Crippen LogP contribution in [0.1, 0.15) is 24.8 Å². The van der Waals surface area contributed by atoms with Crippen molar-refractivity contribution in [2.75, 3.05) is 5.75 Å². The van der Waals surface area contributed by atoms with Crippen LogP contribution in [0, 0.1) is 5.82 Å². The molecule has 2 N–H and O–H groups in total. The number of hydrogen-bond donors (Lipinski definition) is 1. The minimum absolute atomic E-state index is 0.0215. The standard InChI is InChI=1S/C13H17ClFNS/c14-10-4-5-11(15)9(7-10)8-12(16)13-3-1-2-6-17-13/h4-5,7,12-13H,1-3,6,8,16H2. The quantitative estimate of drug-likeness (QED) is 0.910. The summed E-state index contributed by atoms with van der Waals surface area (Å²) in [4.78, 5) is 0. The molecular weight excluding hydrogens is 257 g/mol. The molecule has 1 heterocycles. The molecule has 1 fully saturated rings. The zero-order valence-corrected chi connectivity index (χ0v) is 11.2. The van der Waals surface area contributed by atoms with Crippen LogP contribution in [0.5, 0.6) is 0 Å². The maximum atomic E-state index is 13.6. The van der Waals surface area contributed by atoms with Gasteiger partial charge in [0.2, 0.25) is 0 Å². The molecule has 1 nitrogen and oxygen atoms in total. The lowest BCUT2D eigenvalue weighted by atomic mass is 10.00. The summed E-state index contributed by atoms with van der Waals surface area (Å²) < 4.78 is 13.6. The van der Waals surface area contributed by atoms with Crippen molar-refractivity contribution >= 4 is 23.4 Å². The number of nitrogens with two attached hydrogens (primary N) is 1. The molecule has 1 aromatic rings. The molecule has 2 atom stereocenters. The van der Waals surface area contributed by atoms with Crippen LogP contribution in [-0.4, -0.2) is 17.0 Å². The SMILES string of the molecule is NC(Cc1cc(Cl)ccc1F)C1CCCCS1. The molecule has 1 aliphatic heterocycles. The van der Waals surface area contributed by atoms with Crippen LogP contribution in [0.2, 0.25) is 5.02 Å². The molecule has 2 rings (SSSR count). The Kier molecular flexibility index (Phi) is 4.71. The van der Waals surface area contributed by atoms with Crippen LogP contribution < -0.4 is 5.73 Å². The van der Waals surface area contributed by atoms with Gasteiger partial charge < -0.3 is 5.73 Å². The van der Waals surface area contributed by atoms with Gasteiger partial charge in [0.1, 0.15) is 5.82 Å². The van der Waals surface area contributed by atoms with E-state index in [4.69, 9.17) is 17.3 Å². The molecule has 4 heteroatoms. The Hall–Kier alpha value is -0.250. The van der Waals surface area contributed by atoms with Gasteiger partial charge in [-0.25, -0.2) is 4.39 Å². The van der Waals surface area contributed by atoms with E-state index < -0.39 is 0 Å². The number of hydrogen-bond acceptors (Lipinski definition) is 2. The van der Waals surface area contributed by atoms with E-state index in [0.29, 0.717) is 22.3 Å². The minimum atomic E-state index is -0.203. The van der Waals surface area contributed by atoms with Crippen molar-refractivity contribution in [1.29, 1.82) is 0 Å². The summed E-state index contributed by atoms with van der Waals surface area (Å²) >= 11 is 7.79. The maximum absolute atomic E-state index is 13.6. The van der Waals surface area contributed by atoms with E-state index in [1.807, 2.05) is 11.8 Å². The Morgan fingerprint density at radius 1 is 1.47 bits per heavy atom. The second kappa shape index (κ2) is 6.07. The molecule has 1 saturated heterocycles. The van der Waals surface area contributed by atoms with Gasteiger partial charge in [0.25, 0.3) is 0 Å². The zero-order chi connectivity index (χ0) is 12.3. The third kappa shape index (κ3) is 3.60. The molecule has 0 amide bonds. The summed E-state index contributed by atoms with van der Waals surface area (Å²) in [5.74, 6) is 0.974. The van der Waals surface area contributed by atoms with Crippen molar-refractivity contribution in [1.82, 2.24) is 0 Å². The molecule has 1 aliphatic rings. The summed E-state index contributed by atoms with van der Waals surface area (Å²) in [6, 6.07) is 4.69. The fourth-order valence-corrected chi connectivity index (χ4v) is 3.73. The Balaban J connectivity index is 2.01. The predicted octanol–water partition coefficient (Wildman–Crippen LogP) is 3.63. The highest BCUT2D eigenvalue weighted by atomic mass is 35.5. The molecule has 1 aromatic carbocycles. The highest BCUT2D eigenvalue weighted by molar-refractivity contribution is 8.00. The van der Waals surface area contributed by atoms with Gasteiger partial charge in [-0.05, 0) is 48.8 Å². The lowest BCUT2D eigenvalue weighted by Crippen LogP contribution is -2.36. The summed E-state index contributed by atoms with van der Waals surface area (Å²) in [6.45, 7) is 0. The largest absolute Gasteiger partial charge is 0.326 e. The number of benzene rings is 1. The number of halogens is 2. The van der Waals surface area contributed by atoms with E-state index >= 15 is 0 Å². The molecule has 94 valence electrons. The van der Waals surface area contributed by atoms with E-state index in [1.165, 1.54) is 24.7 Å². The van der Waals surface area contributed by atoms with E-state index in [-0.39, 0.29) is 11.9 Å².